The van der Waals surface area contributed by atoms with Crippen LogP contribution in [0.5, 0.6) is 0 Å². The van der Waals surface area contributed by atoms with Gasteiger partial charge in [-0.05, 0) is 18.2 Å². The fourth-order valence-electron chi connectivity index (χ4n) is 2.48. The second-order valence-corrected chi connectivity index (χ2v) is 6.50. The first-order chi connectivity index (χ1) is 13.2. The third-order valence-corrected chi connectivity index (χ3v) is 4.53. The molecule has 4 aromatic rings. The van der Waals surface area contributed by atoms with E-state index in [2.05, 4.69) is 30.8 Å². The Kier molecular flexibility index (Phi) is 4.71. The molecule has 0 fully saturated rings. The number of para-hydroxylation sites is 1. The standard InChI is InChI=1S/C17H14N6O3S/c24-13(20-16(25)18-8-10-4-3-7-26-10)9-27-17-21-15-14(22-23-17)11-5-1-2-6-12(11)19-15/h1-7H,8-9H2,(H,19,21,23)(H2,18,20,24,25). The van der Waals surface area contributed by atoms with Gasteiger partial charge in [0.2, 0.25) is 11.1 Å². The number of thioether (sulfide) groups is 1. The van der Waals surface area contributed by atoms with Gasteiger partial charge in [-0.25, -0.2) is 9.78 Å². The number of carbonyl (C=O) groups excluding carboxylic acids is 2. The number of carbonyl (C=O) groups is 2. The van der Waals surface area contributed by atoms with Gasteiger partial charge in [-0.2, -0.15) is 0 Å². The molecular formula is C17H14N6O3S. The summed E-state index contributed by atoms with van der Waals surface area (Å²) in [7, 11) is 0. The number of aromatic amines is 1. The highest BCUT2D eigenvalue weighted by Gasteiger charge is 2.12. The van der Waals surface area contributed by atoms with Crippen LogP contribution in [-0.2, 0) is 11.3 Å². The molecule has 0 saturated heterocycles. The van der Waals surface area contributed by atoms with Crippen LogP contribution in [0, 0.1) is 0 Å². The number of nitrogens with zero attached hydrogens (tertiary/aromatic N) is 3. The van der Waals surface area contributed by atoms with E-state index in [9.17, 15) is 9.59 Å². The fourth-order valence-corrected chi connectivity index (χ4v) is 3.07. The van der Waals surface area contributed by atoms with Crippen molar-refractivity contribution in [2.45, 2.75) is 11.7 Å². The Hall–Kier alpha value is -3.40. The van der Waals surface area contributed by atoms with Crippen LogP contribution >= 0.6 is 11.8 Å². The lowest BCUT2D eigenvalue weighted by Gasteiger charge is -2.04. The number of urea groups is 1. The molecule has 27 heavy (non-hydrogen) atoms. The van der Waals surface area contributed by atoms with Gasteiger partial charge in [-0.15, -0.1) is 10.2 Å². The predicted molar refractivity (Wildman–Crippen MR) is 99.0 cm³/mol. The Bertz CT molecular complexity index is 1110. The number of nitrogens with one attached hydrogen (secondary N) is 3. The number of imide groups is 1. The number of aromatic nitrogens is 4. The summed E-state index contributed by atoms with van der Waals surface area (Å²) in [6.45, 7) is 0.198. The van der Waals surface area contributed by atoms with Crippen molar-refractivity contribution in [2.24, 2.45) is 0 Å². The number of amides is 3. The molecule has 3 amide bonds. The second-order valence-electron chi connectivity index (χ2n) is 5.56. The highest BCUT2D eigenvalue weighted by atomic mass is 32.2. The molecular weight excluding hydrogens is 368 g/mol. The van der Waals surface area contributed by atoms with Crippen LogP contribution < -0.4 is 10.6 Å². The second kappa shape index (κ2) is 7.46. The zero-order chi connectivity index (χ0) is 18.6. The van der Waals surface area contributed by atoms with E-state index in [4.69, 9.17) is 4.42 Å². The average Bonchev–Trinajstić information content (AvgIpc) is 3.31. The minimum atomic E-state index is -0.595. The lowest BCUT2D eigenvalue weighted by Crippen LogP contribution is -2.39. The molecule has 4 rings (SSSR count). The van der Waals surface area contributed by atoms with Gasteiger partial charge < -0.3 is 14.7 Å². The zero-order valence-corrected chi connectivity index (χ0v) is 14.7. The van der Waals surface area contributed by atoms with Crippen LogP contribution in [0.25, 0.3) is 22.1 Å². The first-order valence-electron chi connectivity index (χ1n) is 8.03. The molecule has 0 atom stereocenters. The number of rotatable bonds is 5. The van der Waals surface area contributed by atoms with Gasteiger partial charge in [0.1, 0.15) is 11.3 Å². The van der Waals surface area contributed by atoms with E-state index in [0.717, 1.165) is 22.7 Å². The molecule has 0 aliphatic rings. The van der Waals surface area contributed by atoms with Crippen molar-refractivity contribution < 1.29 is 14.0 Å². The average molecular weight is 382 g/mol. The van der Waals surface area contributed by atoms with E-state index < -0.39 is 11.9 Å². The maximum atomic E-state index is 11.9. The molecule has 0 saturated carbocycles. The van der Waals surface area contributed by atoms with E-state index in [-0.39, 0.29) is 12.3 Å². The first-order valence-corrected chi connectivity index (χ1v) is 9.01. The molecule has 3 heterocycles. The normalized spacial score (nSPS) is 11.0. The minimum Gasteiger partial charge on any atom is -0.467 e. The third-order valence-electron chi connectivity index (χ3n) is 3.69. The van der Waals surface area contributed by atoms with Gasteiger partial charge in [0.05, 0.1) is 18.6 Å². The third kappa shape index (κ3) is 3.90. The molecule has 9 nitrogen and oxygen atoms in total. The van der Waals surface area contributed by atoms with E-state index in [1.807, 2.05) is 24.3 Å². The highest BCUT2D eigenvalue weighted by molar-refractivity contribution is 7.99. The van der Waals surface area contributed by atoms with Gasteiger partial charge in [0.25, 0.3) is 0 Å². The molecule has 0 radical (unpaired) electrons. The molecule has 0 bridgehead atoms. The number of hydrogen-bond donors (Lipinski definition) is 3. The Morgan fingerprint density at radius 3 is 2.89 bits per heavy atom. The molecule has 0 unspecified atom stereocenters. The SMILES string of the molecule is O=C(CSc1nnc2c(n1)[nH]c1ccccc12)NC(=O)NCc1ccco1. The molecule has 3 N–H and O–H groups in total. The molecule has 1 aromatic carbocycles. The highest BCUT2D eigenvalue weighted by Crippen LogP contribution is 2.23. The van der Waals surface area contributed by atoms with Crippen molar-refractivity contribution >= 4 is 45.8 Å². The van der Waals surface area contributed by atoms with Crippen molar-refractivity contribution in [3.05, 3.63) is 48.4 Å². The number of benzene rings is 1. The summed E-state index contributed by atoms with van der Waals surface area (Å²) in [5.41, 5.74) is 2.20. The lowest BCUT2D eigenvalue weighted by molar-refractivity contribution is -0.117. The van der Waals surface area contributed by atoms with Crippen molar-refractivity contribution in [1.29, 1.82) is 0 Å². The Morgan fingerprint density at radius 1 is 1.15 bits per heavy atom. The summed E-state index contributed by atoms with van der Waals surface area (Å²) in [4.78, 5) is 31.1. The van der Waals surface area contributed by atoms with E-state index in [1.54, 1.807) is 12.1 Å². The molecule has 136 valence electrons. The molecule has 0 aliphatic heterocycles. The van der Waals surface area contributed by atoms with Gasteiger partial charge in [0.15, 0.2) is 5.65 Å². The van der Waals surface area contributed by atoms with Gasteiger partial charge >= 0.3 is 6.03 Å². The van der Waals surface area contributed by atoms with Gasteiger partial charge in [0, 0.05) is 10.9 Å². The summed E-state index contributed by atoms with van der Waals surface area (Å²) in [5.74, 6) is 0.122. The smallest absolute Gasteiger partial charge is 0.321 e. The van der Waals surface area contributed by atoms with Crippen molar-refractivity contribution in [3.8, 4) is 0 Å². The molecule has 3 aromatic heterocycles. The largest absolute Gasteiger partial charge is 0.467 e. The summed E-state index contributed by atoms with van der Waals surface area (Å²) in [5, 5.41) is 14.3. The predicted octanol–water partition coefficient (Wildman–Crippen LogP) is 2.22. The number of hydrogen-bond acceptors (Lipinski definition) is 7. The van der Waals surface area contributed by atoms with Crippen LogP contribution in [0.3, 0.4) is 0 Å². The monoisotopic (exact) mass is 382 g/mol. The summed E-state index contributed by atoms with van der Waals surface area (Å²) >= 11 is 1.10. The summed E-state index contributed by atoms with van der Waals surface area (Å²) in [6.07, 6.45) is 1.51. The fraction of sp³-hybridized carbons (Fsp3) is 0.118. The van der Waals surface area contributed by atoms with Crippen molar-refractivity contribution in [2.75, 3.05) is 5.75 Å². The van der Waals surface area contributed by atoms with Crippen molar-refractivity contribution in [1.82, 2.24) is 30.8 Å². The summed E-state index contributed by atoms with van der Waals surface area (Å²) < 4.78 is 5.09. The van der Waals surface area contributed by atoms with Crippen molar-refractivity contribution in [3.63, 3.8) is 0 Å². The van der Waals surface area contributed by atoms with Gasteiger partial charge in [-0.3, -0.25) is 10.1 Å². The topological polar surface area (TPSA) is 126 Å². The number of H-pyrrole nitrogens is 1. The zero-order valence-electron chi connectivity index (χ0n) is 13.9. The number of fused-ring (bicyclic) bond motifs is 3. The lowest BCUT2D eigenvalue weighted by atomic mass is 10.2. The van der Waals surface area contributed by atoms with E-state index in [1.165, 1.54) is 6.26 Å². The van der Waals surface area contributed by atoms with Crippen LogP contribution in [0.2, 0.25) is 0 Å². The Balaban J connectivity index is 1.33. The molecule has 10 heteroatoms. The maximum Gasteiger partial charge on any atom is 0.321 e. The molecule has 0 aliphatic carbocycles. The Labute approximate surface area is 156 Å². The minimum absolute atomic E-state index is 0.0123. The van der Waals surface area contributed by atoms with Crippen LogP contribution in [0.4, 0.5) is 4.79 Å². The maximum absolute atomic E-state index is 11.9. The Morgan fingerprint density at radius 2 is 2.04 bits per heavy atom. The van der Waals surface area contributed by atoms with Crippen LogP contribution in [0.1, 0.15) is 5.76 Å². The first kappa shape index (κ1) is 17.0. The summed E-state index contributed by atoms with van der Waals surface area (Å²) in [6, 6.07) is 10.6. The van der Waals surface area contributed by atoms with Gasteiger partial charge in [-0.1, -0.05) is 30.0 Å². The van der Waals surface area contributed by atoms with E-state index >= 15 is 0 Å². The molecule has 0 spiro atoms. The van der Waals surface area contributed by atoms with Crippen LogP contribution in [-0.4, -0.2) is 37.9 Å². The number of furan rings is 1. The van der Waals surface area contributed by atoms with E-state index in [0.29, 0.717) is 22.1 Å². The quantitative estimate of drug-likeness (QED) is 0.452. The van der Waals surface area contributed by atoms with Crippen LogP contribution in [0.15, 0.2) is 52.2 Å².